The van der Waals surface area contributed by atoms with Gasteiger partial charge in [0, 0.05) is 11.6 Å². The lowest BCUT2D eigenvalue weighted by molar-refractivity contribution is -0.158. The van der Waals surface area contributed by atoms with Gasteiger partial charge in [0.2, 0.25) is 6.10 Å². The molecule has 1 fully saturated rings. The summed E-state index contributed by atoms with van der Waals surface area (Å²) in [7, 11) is 1.53. The van der Waals surface area contributed by atoms with Crippen LogP contribution in [0.2, 0.25) is 0 Å². The largest absolute Gasteiger partial charge is 0.493 e. The van der Waals surface area contributed by atoms with Crippen molar-refractivity contribution in [2.24, 2.45) is 0 Å². The summed E-state index contributed by atoms with van der Waals surface area (Å²) in [4.78, 5) is 24.9. The van der Waals surface area contributed by atoms with Crippen LogP contribution in [0.4, 0.5) is 0 Å². The SMILES string of the molecule is C=CCc1ccc(OCC(=O)O[C@@H](C(=O)NC2CC2)c2ccccc2)c(OC)c1. The minimum atomic E-state index is -1.01. The number of hydrogen-bond donors (Lipinski definition) is 1. The van der Waals surface area contributed by atoms with Gasteiger partial charge < -0.3 is 19.5 Å². The average molecular weight is 395 g/mol. The van der Waals surface area contributed by atoms with Crippen LogP contribution >= 0.6 is 0 Å². The molecule has 0 aromatic heterocycles. The maximum Gasteiger partial charge on any atom is 0.345 e. The van der Waals surface area contributed by atoms with Gasteiger partial charge in [0.05, 0.1) is 7.11 Å². The lowest BCUT2D eigenvalue weighted by Gasteiger charge is -2.18. The topological polar surface area (TPSA) is 73.9 Å². The molecule has 6 nitrogen and oxygen atoms in total. The fourth-order valence-corrected chi connectivity index (χ4v) is 2.83. The first-order valence-corrected chi connectivity index (χ1v) is 9.56. The number of benzene rings is 2. The van der Waals surface area contributed by atoms with Gasteiger partial charge in [-0.3, -0.25) is 4.79 Å². The summed E-state index contributed by atoms with van der Waals surface area (Å²) < 4.78 is 16.4. The third-order valence-electron chi connectivity index (χ3n) is 4.47. The van der Waals surface area contributed by atoms with E-state index in [0.29, 0.717) is 23.5 Å². The third kappa shape index (κ3) is 5.85. The summed E-state index contributed by atoms with van der Waals surface area (Å²) in [5.41, 5.74) is 1.64. The fourth-order valence-electron chi connectivity index (χ4n) is 2.83. The molecule has 1 amide bonds. The number of ether oxygens (including phenoxy) is 3. The molecule has 3 rings (SSSR count). The Hall–Kier alpha value is -3.28. The van der Waals surface area contributed by atoms with Crippen LogP contribution in [0.5, 0.6) is 11.5 Å². The Morgan fingerprint density at radius 3 is 2.59 bits per heavy atom. The fraction of sp³-hybridized carbons (Fsp3) is 0.304. The van der Waals surface area contributed by atoms with Crippen molar-refractivity contribution in [3.05, 3.63) is 72.3 Å². The molecule has 1 saturated carbocycles. The summed E-state index contributed by atoms with van der Waals surface area (Å²) in [6, 6.07) is 14.6. The zero-order valence-electron chi connectivity index (χ0n) is 16.4. The minimum Gasteiger partial charge on any atom is -0.493 e. The Morgan fingerprint density at radius 2 is 1.93 bits per heavy atom. The average Bonchev–Trinajstić information content (AvgIpc) is 3.55. The molecular formula is C23H25NO5. The number of esters is 1. The van der Waals surface area contributed by atoms with Crippen molar-refractivity contribution in [3.8, 4) is 11.5 Å². The van der Waals surface area contributed by atoms with Crippen molar-refractivity contribution in [2.75, 3.05) is 13.7 Å². The van der Waals surface area contributed by atoms with E-state index in [2.05, 4.69) is 11.9 Å². The Bertz CT molecular complexity index is 861. The number of hydrogen-bond acceptors (Lipinski definition) is 5. The Labute approximate surface area is 170 Å². The van der Waals surface area contributed by atoms with Crippen molar-refractivity contribution in [1.29, 1.82) is 0 Å². The van der Waals surface area contributed by atoms with E-state index in [4.69, 9.17) is 14.2 Å². The number of allylic oxidation sites excluding steroid dienone is 1. The first-order valence-electron chi connectivity index (χ1n) is 9.56. The van der Waals surface area contributed by atoms with E-state index in [1.807, 2.05) is 18.2 Å². The smallest absolute Gasteiger partial charge is 0.345 e. The van der Waals surface area contributed by atoms with Gasteiger partial charge in [-0.25, -0.2) is 4.79 Å². The molecule has 0 radical (unpaired) electrons. The van der Waals surface area contributed by atoms with E-state index in [1.54, 1.807) is 36.4 Å². The molecule has 29 heavy (non-hydrogen) atoms. The number of carbonyl (C=O) groups is 2. The third-order valence-corrected chi connectivity index (χ3v) is 4.47. The van der Waals surface area contributed by atoms with E-state index in [9.17, 15) is 9.59 Å². The molecule has 0 spiro atoms. The minimum absolute atomic E-state index is 0.169. The van der Waals surface area contributed by atoms with Crippen molar-refractivity contribution in [2.45, 2.75) is 31.4 Å². The number of nitrogens with one attached hydrogen (secondary N) is 1. The van der Waals surface area contributed by atoms with Crippen LogP contribution < -0.4 is 14.8 Å². The molecule has 0 unspecified atom stereocenters. The van der Waals surface area contributed by atoms with E-state index in [-0.39, 0.29) is 18.6 Å². The molecule has 0 heterocycles. The predicted octanol–water partition coefficient (Wildman–Crippen LogP) is 3.37. The summed E-state index contributed by atoms with van der Waals surface area (Å²) in [5.74, 6) is -0.0142. The van der Waals surface area contributed by atoms with Crippen LogP contribution in [0.15, 0.2) is 61.2 Å². The molecule has 1 N–H and O–H groups in total. The van der Waals surface area contributed by atoms with Gasteiger partial charge >= 0.3 is 5.97 Å². The number of amides is 1. The van der Waals surface area contributed by atoms with Gasteiger partial charge in [-0.15, -0.1) is 6.58 Å². The van der Waals surface area contributed by atoms with Gasteiger partial charge in [0.25, 0.3) is 5.91 Å². The summed E-state index contributed by atoms with van der Waals surface area (Å²) >= 11 is 0. The van der Waals surface area contributed by atoms with Gasteiger partial charge in [0.15, 0.2) is 18.1 Å². The van der Waals surface area contributed by atoms with Gasteiger partial charge in [-0.1, -0.05) is 42.5 Å². The van der Waals surface area contributed by atoms with Crippen molar-refractivity contribution >= 4 is 11.9 Å². The molecule has 6 heteroatoms. The van der Waals surface area contributed by atoms with Crippen LogP contribution in [-0.4, -0.2) is 31.6 Å². The molecule has 1 atom stereocenters. The summed E-state index contributed by atoms with van der Waals surface area (Å²) in [5, 5.41) is 2.88. The van der Waals surface area contributed by atoms with Crippen LogP contribution in [0.25, 0.3) is 0 Å². The van der Waals surface area contributed by atoms with Crippen molar-refractivity contribution in [1.82, 2.24) is 5.32 Å². The molecule has 1 aliphatic carbocycles. The highest BCUT2D eigenvalue weighted by atomic mass is 16.6. The molecule has 0 saturated heterocycles. The van der Waals surface area contributed by atoms with Crippen molar-refractivity contribution < 1.29 is 23.8 Å². The Balaban J connectivity index is 1.64. The monoisotopic (exact) mass is 395 g/mol. The molecule has 2 aromatic carbocycles. The Morgan fingerprint density at radius 1 is 1.17 bits per heavy atom. The second kappa shape index (κ2) is 9.78. The lowest BCUT2D eigenvalue weighted by atomic mass is 10.1. The quantitative estimate of drug-likeness (QED) is 0.493. The highest BCUT2D eigenvalue weighted by Crippen LogP contribution is 2.29. The van der Waals surface area contributed by atoms with Gasteiger partial charge in [-0.05, 0) is 37.0 Å². The van der Waals surface area contributed by atoms with Crippen LogP contribution in [0, 0.1) is 0 Å². The Kier molecular flexibility index (Phi) is 6.89. The second-order valence-electron chi connectivity index (χ2n) is 6.83. The summed E-state index contributed by atoms with van der Waals surface area (Å²) in [6.45, 7) is 3.38. The predicted molar refractivity (Wildman–Crippen MR) is 109 cm³/mol. The molecule has 0 bridgehead atoms. The lowest BCUT2D eigenvalue weighted by Crippen LogP contribution is -2.34. The number of methoxy groups -OCH3 is 1. The highest BCUT2D eigenvalue weighted by Gasteiger charge is 2.30. The standard InChI is InChI=1S/C23H25NO5/c1-3-7-16-10-13-19(20(14-16)27-2)28-15-21(25)29-22(17-8-5-4-6-9-17)23(26)24-18-11-12-18/h3-6,8-10,13-14,18,22H,1,7,11-12,15H2,2H3,(H,24,26)/t22-/m1/s1. The maximum absolute atomic E-state index is 12.5. The van der Waals surface area contributed by atoms with Gasteiger partial charge in [-0.2, -0.15) is 0 Å². The normalized spacial score (nSPS) is 13.8. The van der Waals surface area contributed by atoms with Gasteiger partial charge in [0.1, 0.15) is 0 Å². The first kappa shape index (κ1) is 20.5. The van der Waals surface area contributed by atoms with E-state index in [0.717, 1.165) is 18.4 Å². The molecular weight excluding hydrogens is 370 g/mol. The van der Waals surface area contributed by atoms with E-state index in [1.165, 1.54) is 7.11 Å². The maximum atomic E-state index is 12.5. The van der Waals surface area contributed by atoms with Crippen LogP contribution in [0.1, 0.15) is 30.1 Å². The molecule has 2 aromatic rings. The zero-order valence-corrected chi connectivity index (χ0v) is 16.4. The molecule has 152 valence electrons. The first-order chi connectivity index (χ1) is 14.1. The highest BCUT2D eigenvalue weighted by molar-refractivity contribution is 5.85. The van der Waals surface area contributed by atoms with E-state index >= 15 is 0 Å². The number of rotatable bonds is 10. The zero-order chi connectivity index (χ0) is 20.6. The number of carbonyl (C=O) groups excluding carboxylic acids is 2. The van der Waals surface area contributed by atoms with Crippen molar-refractivity contribution in [3.63, 3.8) is 0 Å². The summed E-state index contributed by atoms with van der Waals surface area (Å²) in [6.07, 6.45) is 3.39. The molecule has 0 aliphatic heterocycles. The second-order valence-corrected chi connectivity index (χ2v) is 6.83. The molecule has 1 aliphatic rings. The van der Waals surface area contributed by atoms with Crippen LogP contribution in [0.3, 0.4) is 0 Å². The van der Waals surface area contributed by atoms with Crippen LogP contribution in [-0.2, 0) is 20.7 Å². The van der Waals surface area contributed by atoms with E-state index < -0.39 is 12.1 Å².